The van der Waals surface area contributed by atoms with Crippen molar-refractivity contribution >= 4 is 11.6 Å². The Hall–Kier alpha value is -1.77. The van der Waals surface area contributed by atoms with E-state index >= 15 is 0 Å². The summed E-state index contributed by atoms with van der Waals surface area (Å²) in [5.74, 6) is 1.58. The van der Waals surface area contributed by atoms with E-state index in [1.807, 2.05) is 6.07 Å². The Balaban J connectivity index is 1.88. The maximum atomic E-state index is 9.13. The van der Waals surface area contributed by atoms with Crippen molar-refractivity contribution in [2.75, 3.05) is 44.8 Å². The number of hydrogen-bond acceptors (Lipinski definition) is 7. The van der Waals surface area contributed by atoms with Crippen molar-refractivity contribution in [3.8, 4) is 0 Å². The van der Waals surface area contributed by atoms with Crippen molar-refractivity contribution < 1.29 is 9.84 Å². The van der Waals surface area contributed by atoms with Crippen LogP contribution in [0.2, 0.25) is 0 Å². The molecule has 0 amide bonds. The summed E-state index contributed by atoms with van der Waals surface area (Å²) >= 11 is 0. The lowest BCUT2D eigenvalue weighted by Crippen LogP contribution is -2.53. The molecule has 0 radical (unpaired) electrons. The summed E-state index contributed by atoms with van der Waals surface area (Å²) in [6, 6.07) is 2.39. The monoisotopic (exact) mass is 306 g/mol. The van der Waals surface area contributed by atoms with Gasteiger partial charge < -0.3 is 14.7 Å². The van der Waals surface area contributed by atoms with Gasteiger partial charge in [-0.3, -0.25) is 4.90 Å². The largest absolute Gasteiger partial charge is 0.395 e. The number of aliphatic hydroxyl groups excluding tert-OH is 1. The first-order valence-corrected chi connectivity index (χ1v) is 7.51. The third-order valence-corrected chi connectivity index (χ3v) is 4.05. The van der Waals surface area contributed by atoms with Crippen LogP contribution in [0.4, 0.5) is 5.82 Å². The van der Waals surface area contributed by atoms with E-state index in [9.17, 15) is 0 Å². The highest BCUT2D eigenvalue weighted by molar-refractivity contribution is 5.47. The second kappa shape index (κ2) is 6.55. The summed E-state index contributed by atoms with van der Waals surface area (Å²) in [5.41, 5.74) is 0.850. The van der Waals surface area contributed by atoms with Crippen LogP contribution in [0.25, 0.3) is 5.78 Å². The molecule has 3 heterocycles. The molecule has 1 fully saturated rings. The van der Waals surface area contributed by atoms with Crippen molar-refractivity contribution in [3.63, 3.8) is 0 Å². The molecule has 120 valence electrons. The first-order chi connectivity index (χ1) is 10.7. The Bertz CT molecular complexity index is 631. The van der Waals surface area contributed by atoms with Crippen LogP contribution in [0.15, 0.2) is 12.4 Å². The Morgan fingerprint density at radius 3 is 3.00 bits per heavy atom. The number of aliphatic hydroxyl groups is 1. The number of piperazine rings is 1. The van der Waals surface area contributed by atoms with Crippen LogP contribution in [0.5, 0.6) is 0 Å². The zero-order valence-electron chi connectivity index (χ0n) is 13.0. The number of nitrogens with zero attached hydrogens (tertiary/aromatic N) is 6. The molecule has 8 nitrogen and oxygen atoms in total. The molecule has 3 rings (SSSR count). The number of rotatable bonds is 5. The quantitative estimate of drug-likeness (QED) is 0.817. The smallest absolute Gasteiger partial charge is 0.254 e. The number of aromatic nitrogens is 4. The third kappa shape index (κ3) is 2.90. The number of fused-ring (bicyclic) bond motifs is 1. The van der Waals surface area contributed by atoms with Crippen molar-refractivity contribution in [2.24, 2.45) is 0 Å². The Labute approximate surface area is 129 Å². The molecule has 0 saturated carbocycles. The van der Waals surface area contributed by atoms with E-state index in [0.29, 0.717) is 18.4 Å². The minimum absolute atomic E-state index is 0.199. The van der Waals surface area contributed by atoms with Gasteiger partial charge in [0.15, 0.2) is 0 Å². The second-order valence-electron chi connectivity index (χ2n) is 5.57. The molecule has 0 aliphatic carbocycles. The van der Waals surface area contributed by atoms with Gasteiger partial charge in [0.25, 0.3) is 5.78 Å². The van der Waals surface area contributed by atoms with Gasteiger partial charge in [0.2, 0.25) is 0 Å². The Kier molecular flexibility index (Phi) is 4.51. The van der Waals surface area contributed by atoms with E-state index < -0.39 is 0 Å². The summed E-state index contributed by atoms with van der Waals surface area (Å²) < 4.78 is 6.96. The fraction of sp³-hybridized carbons (Fsp3) is 0.643. The predicted octanol–water partition coefficient (Wildman–Crippen LogP) is -0.226. The normalized spacial score (nSPS) is 20.0. The fourth-order valence-electron chi connectivity index (χ4n) is 2.96. The molecule has 1 N–H and O–H groups in total. The van der Waals surface area contributed by atoms with Crippen molar-refractivity contribution in [3.05, 3.63) is 18.1 Å². The highest BCUT2D eigenvalue weighted by Crippen LogP contribution is 2.20. The molecule has 8 heteroatoms. The average molecular weight is 306 g/mol. The molecule has 1 atom stereocenters. The summed E-state index contributed by atoms with van der Waals surface area (Å²) in [7, 11) is 1.66. The van der Waals surface area contributed by atoms with Gasteiger partial charge in [0, 0.05) is 45.4 Å². The SMILES string of the molecule is COCc1cc(N2CCN(CCO)C(C)C2)n2ncnc2n1. The first-order valence-electron chi connectivity index (χ1n) is 7.51. The standard InChI is InChI=1S/C14H22N6O2/c1-11-8-19(4-3-18(11)5-6-21)13-7-12(9-22-2)17-14-15-10-16-20(13)14/h7,10-11,21H,3-6,8-9H2,1-2H3. The molecule has 2 aromatic heterocycles. The molecule has 1 unspecified atom stereocenters. The molecule has 1 aliphatic heterocycles. The average Bonchev–Trinajstić information content (AvgIpc) is 2.97. The summed E-state index contributed by atoms with van der Waals surface area (Å²) in [5, 5.41) is 13.4. The van der Waals surface area contributed by atoms with Crippen LogP contribution in [-0.2, 0) is 11.3 Å². The molecular formula is C14H22N6O2. The second-order valence-corrected chi connectivity index (χ2v) is 5.57. The molecule has 1 aliphatic rings. The van der Waals surface area contributed by atoms with Gasteiger partial charge in [-0.2, -0.15) is 14.6 Å². The molecule has 0 spiro atoms. The fourth-order valence-corrected chi connectivity index (χ4v) is 2.96. The maximum Gasteiger partial charge on any atom is 0.254 e. The zero-order chi connectivity index (χ0) is 15.5. The van der Waals surface area contributed by atoms with Crippen LogP contribution >= 0.6 is 0 Å². The van der Waals surface area contributed by atoms with Gasteiger partial charge in [-0.05, 0) is 6.92 Å². The Morgan fingerprint density at radius 2 is 2.27 bits per heavy atom. The summed E-state index contributed by atoms with van der Waals surface area (Å²) in [4.78, 5) is 13.2. The lowest BCUT2D eigenvalue weighted by Gasteiger charge is -2.40. The van der Waals surface area contributed by atoms with Crippen molar-refractivity contribution in [1.82, 2.24) is 24.5 Å². The van der Waals surface area contributed by atoms with E-state index in [1.165, 1.54) is 6.33 Å². The van der Waals surface area contributed by atoms with Crippen LogP contribution < -0.4 is 4.90 Å². The molecule has 2 aromatic rings. The van der Waals surface area contributed by atoms with Gasteiger partial charge in [-0.15, -0.1) is 0 Å². The number of methoxy groups -OCH3 is 1. The highest BCUT2D eigenvalue weighted by Gasteiger charge is 2.25. The van der Waals surface area contributed by atoms with Crippen LogP contribution in [-0.4, -0.2) is 75.5 Å². The summed E-state index contributed by atoms with van der Waals surface area (Å²) in [6.07, 6.45) is 1.52. The number of β-amino-alcohol motifs (C(OH)–C–C–N with tert-alkyl or cyclic N) is 1. The van der Waals surface area contributed by atoms with E-state index in [0.717, 1.165) is 37.7 Å². The highest BCUT2D eigenvalue weighted by atomic mass is 16.5. The van der Waals surface area contributed by atoms with E-state index in [-0.39, 0.29) is 6.61 Å². The van der Waals surface area contributed by atoms with Crippen molar-refractivity contribution in [1.29, 1.82) is 0 Å². The lowest BCUT2D eigenvalue weighted by atomic mass is 10.2. The number of anilines is 1. The van der Waals surface area contributed by atoms with Gasteiger partial charge >= 0.3 is 0 Å². The van der Waals surface area contributed by atoms with E-state index in [2.05, 4.69) is 31.8 Å². The first kappa shape index (κ1) is 15.1. The van der Waals surface area contributed by atoms with E-state index in [1.54, 1.807) is 11.6 Å². The molecular weight excluding hydrogens is 284 g/mol. The van der Waals surface area contributed by atoms with Crippen LogP contribution in [0.3, 0.4) is 0 Å². The maximum absolute atomic E-state index is 9.13. The predicted molar refractivity (Wildman–Crippen MR) is 81.8 cm³/mol. The number of ether oxygens (including phenoxy) is 1. The third-order valence-electron chi connectivity index (χ3n) is 4.05. The van der Waals surface area contributed by atoms with Gasteiger partial charge in [0.05, 0.1) is 18.9 Å². The van der Waals surface area contributed by atoms with Crippen LogP contribution in [0.1, 0.15) is 12.6 Å². The number of hydrogen-bond donors (Lipinski definition) is 1. The molecule has 0 bridgehead atoms. The van der Waals surface area contributed by atoms with Gasteiger partial charge in [0.1, 0.15) is 12.1 Å². The summed E-state index contributed by atoms with van der Waals surface area (Å²) in [6.45, 7) is 6.24. The molecule has 22 heavy (non-hydrogen) atoms. The van der Waals surface area contributed by atoms with Gasteiger partial charge in [-0.1, -0.05) is 0 Å². The molecule has 0 aromatic carbocycles. The lowest BCUT2D eigenvalue weighted by molar-refractivity contribution is 0.146. The van der Waals surface area contributed by atoms with E-state index in [4.69, 9.17) is 9.84 Å². The van der Waals surface area contributed by atoms with Crippen LogP contribution in [0, 0.1) is 0 Å². The zero-order valence-corrected chi connectivity index (χ0v) is 13.0. The minimum atomic E-state index is 0.199. The molecule has 1 saturated heterocycles. The minimum Gasteiger partial charge on any atom is -0.395 e. The topological polar surface area (TPSA) is 79.0 Å². The van der Waals surface area contributed by atoms with Crippen molar-refractivity contribution in [2.45, 2.75) is 19.6 Å². The van der Waals surface area contributed by atoms with Gasteiger partial charge in [-0.25, -0.2) is 4.98 Å². The Morgan fingerprint density at radius 1 is 1.41 bits per heavy atom.